The van der Waals surface area contributed by atoms with Crippen LogP contribution in [0.2, 0.25) is 0 Å². The summed E-state index contributed by atoms with van der Waals surface area (Å²) in [5.74, 6) is -0.749. The molecular weight excluding hydrogens is 304 g/mol. The van der Waals surface area contributed by atoms with Crippen molar-refractivity contribution in [2.24, 2.45) is 0 Å². The Morgan fingerprint density at radius 1 is 1.00 bits per heavy atom. The highest BCUT2D eigenvalue weighted by molar-refractivity contribution is 5.66. The first-order valence-corrected chi connectivity index (χ1v) is 8.51. The molecule has 4 nitrogen and oxygen atoms in total. The van der Waals surface area contributed by atoms with Gasteiger partial charge in [-0.15, -0.1) is 0 Å². The summed E-state index contributed by atoms with van der Waals surface area (Å²) in [5.41, 5.74) is 0. The minimum absolute atomic E-state index is 0.217. The summed E-state index contributed by atoms with van der Waals surface area (Å²) < 4.78 is 0. The monoisotopic (exact) mass is 334 g/mol. The molecule has 1 atom stereocenters. The van der Waals surface area contributed by atoms with Crippen molar-refractivity contribution in [2.45, 2.75) is 58.0 Å². The highest BCUT2D eigenvalue weighted by Gasteiger charge is 1.99. The number of rotatable bonds is 14. The number of unbranched alkanes of at least 4 members (excludes halogenated alkanes) is 1. The molecule has 2 N–H and O–H groups in total. The summed E-state index contributed by atoms with van der Waals surface area (Å²) in [4.78, 5) is 14.8. The molecule has 0 rings (SSSR count). The molecule has 0 radical (unpaired) electrons. The number of hydrogen-bond acceptors (Lipinski definition) is 3. The van der Waals surface area contributed by atoms with Gasteiger partial charge in [-0.1, -0.05) is 67.7 Å². The second kappa shape index (κ2) is 17.4. The molecule has 0 aliphatic rings. The van der Waals surface area contributed by atoms with Crippen LogP contribution >= 0.6 is 0 Å². The molecule has 24 heavy (non-hydrogen) atoms. The van der Waals surface area contributed by atoms with E-state index in [0.29, 0.717) is 12.8 Å². The van der Waals surface area contributed by atoms with E-state index in [1.54, 1.807) is 6.08 Å². The fourth-order valence-corrected chi connectivity index (χ4v) is 1.83. The molecule has 0 aliphatic heterocycles. The third-order valence-electron chi connectivity index (χ3n) is 3.12. The number of carboxylic acid groups (broad SMARTS) is 1. The lowest BCUT2D eigenvalue weighted by Gasteiger charge is -2.03. The molecule has 0 fully saturated rings. The van der Waals surface area contributed by atoms with Gasteiger partial charge in [0.2, 0.25) is 0 Å². The summed E-state index contributed by atoms with van der Waals surface area (Å²) >= 11 is 0. The van der Waals surface area contributed by atoms with Crippen molar-refractivity contribution in [1.82, 2.24) is 0 Å². The van der Waals surface area contributed by atoms with Gasteiger partial charge in [0.15, 0.2) is 0 Å². The van der Waals surface area contributed by atoms with E-state index in [4.69, 9.17) is 10.4 Å². The van der Waals surface area contributed by atoms with Gasteiger partial charge in [0.05, 0.1) is 0 Å². The predicted molar refractivity (Wildman–Crippen MR) is 98.8 cm³/mol. The number of hydrogen-bond donors (Lipinski definition) is 2. The lowest BCUT2D eigenvalue weighted by atomic mass is 10.2. The van der Waals surface area contributed by atoms with Crippen molar-refractivity contribution in [3.05, 3.63) is 60.8 Å². The Morgan fingerprint density at radius 3 is 2.42 bits per heavy atom. The Bertz CT molecular complexity index is 445. The predicted octanol–water partition coefficient (Wildman–Crippen LogP) is 5.46. The minimum atomic E-state index is -0.749. The maximum atomic E-state index is 10.3. The van der Waals surface area contributed by atoms with Crippen LogP contribution < -0.4 is 0 Å². The largest absolute Gasteiger partial charge is 0.481 e. The molecule has 0 saturated heterocycles. The van der Waals surface area contributed by atoms with Crippen LogP contribution in [0.3, 0.4) is 0 Å². The molecular formula is C20H30O4. The molecule has 0 aromatic carbocycles. The zero-order valence-electron chi connectivity index (χ0n) is 14.5. The topological polar surface area (TPSA) is 66.8 Å². The Labute approximate surface area is 145 Å². The quantitative estimate of drug-likeness (QED) is 0.145. The SMILES string of the molecule is CC/C=C/C/C=C/C[C@@H](/C=C/C=C\C/C=C\CCCC(=O)O)OO. The third-order valence-corrected chi connectivity index (χ3v) is 3.12. The Morgan fingerprint density at radius 2 is 1.71 bits per heavy atom. The average molecular weight is 334 g/mol. The van der Waals surface area contributed by atoms with Crippen LogP contribution in [0.15, 0.2) is 60.8 Å². The van der Waals surface area contributed by atoms with Gasteiger partial charge >= 0.3 is 5.97 Å². The van der Waals surface area contributed by atoms with Gasteiger partial charge in [-0.2, -0.15) is 0 Å². The van der Waals surface area contributed by atoms with Gasteiger partial charge in [-0.3, -0.25) is 10.1 Å². The fraction of sp³-hybridized carbons (Fsp3) is 0.450. The number of allylic oxidation sites excluding steroid dienone is 8. The number of carboxylic acids is 1. The van der Waals surface area contributed by atoms with Gasteiger partial charge < -0.3 is 5.11 Å². The highest BCUT2D eigenvalue weighted by Crippen LogP contribution is 2.02. The van der Waals surface area contributed by atoms with Crippen LogP contribution in [0.25, 0.3) is 0 Å². The van der Waals surface area contributed by atoms with Crippen LogP contribution in [0, 0.1) is 0 Å². The van der Waals surface area contributed by atoms with Crippen molar-refractivity contribution in [3.8, 4) is 0 Å². The van der Waals surface area contributed by atoms with Crippen LogP contribution in [0.1, 0.15) is 51.9 Å². The molecule has 0 aromatic rings. The fourth-order valence-electron chi connectivity index (χ4n) is 1.83. The van der Waals surface area contributed by atoms with Crippen LogP contribution in [-0.2, 0) is 9.68 Å². The molecule has 0 aliphatic carbocycles. The Kier molecular flexibility index (Phi) is 16.1. The first-order chi connectivity index (χ1) is 11.7. The zero-order valence-corrected chi connectivity index (χ0v) is 14.5. The summed E-state index contributed by atoms with van der Waals surface area (Å²) in [6, 6.07) is 0. The van der Waals surface area contributed by atoms with E-state index in [2.05, 4.69) is 30.0 Å². The molecule has 0 spiro atoms. The highest BCUT2D eigenvalue weighted by atomic mass is 17.1. The van der Waals surface area contributed by atoms with Gasteiger partial charge in [0.1, 0.15) is 6.10 Å². The summed E-state index contributed by atoms with van der Waals surface area (Å²) in [7, 11) is 0. The Balaban J connectivity index is 3.85. The molecule has 134 valence electrons. The Hall–Kier alpha value is -1.91. The standard InChI is InChI=1S/C20H30O4/c1-2-3-4-5-10-13-16-19(24-23)17-14-11-8-6-7-9-12-15-18-20(21)22/h3-4,7-11,13-14,17,19,23H,2,5-6,12,15-16,18H2,1H3,(H,21,22)/b4-3+,9-7-,11-8-,13-10+,17-14+/t19-/m0/s1. The van der Waals surface area contributed by atoms with Crippen molar-refractivity contribution >= 4 is 5.97 Å². The molecule has 4 heteroatoms. The summed E-state index contributed by atoms with van der Waals surface area (Å²) in [6.07, 6.45) is 24.5. The number of carbonyl (C=O) groups is 1. The van der Waals surface area contributed by atoms with E-state index in [1.165, 1.54) is 0 Å². The van der Waals surface area contributed by atoms with Crippen LogP contribution in [0.5, 0.6) is 0 Å². The van der Waals surface area contributed by atoms with Gasteiger partial charge in [0, 0.05) is 6.42 Å². The van der Waals surface area contributed by atoms with Gasteiger partial charge in [-0.25, -0.2) is 4.89 Å². The van der Waals surface area contributed by atoms with Gasteiger partial charge in [-0.05, 0) is 38.5 Å². The maximum absolute atomic E-state index is 10.3. The molecule has 0 saturated carbocycles. The minimum Gasteiger partial charge on any atom is -0.481 e. The van der Waals surface area contributed by atoms with E-state index >= 15 is 0 Å². The maximum Gasteiger partial charge on any atom is 0.303 e. The van der Waals surface area contributed by atoms with Crippen molar-refractivity contribution in [3.63, 3.8) is 0 Å². The van der Waals surface area contributed by atoms with E-state index in [0.717, 1.165) is 25.7 Å². The van der Waals surface area contributed by atoms with Crippen LogP contribution in [-0.4, -0.2) is 22.4 Å². The van der Waals surface area contributed by atoms with Crippen molar-refractivity contribution in [2.75, 3.05) is 0 Å². The third kappa shape index (κ3) is 16.5. The first kappa shape index (κ1) is 22.1. The van der Waals surface area contributed by atoms with E-state index < -0.39 is 5.97 Å². The van der Waals surface area contributed by atoms with E-state index in [9.17, 15) is 4.79 Å². The smallest absolute Gasteiger partial charge is 0.303 e. The van der Waals surface area contributed by atoms with Crippen LogP contribution in [0.4, 0.5) is 0 Å². The molecule has 0 amide bonds. The number of aliphatic carboxylic acids is 1. The lowest BCUT2D eigenvalue weighted by Crippen LogP contribution is -2.04. The molecule has 0 aromatic heterocycles. The molecule has 0 bridgehead atoms. The summed E-state index contributed by atoms with van der Waals surface area (Å²) in [5, 5.41) is 17.4. The lowest BCUT2D eigenvalue weighted by molar-refractivity contribution is -0.264. The molecule has 0 heterocycles. The summed E-state index contributed by atoms with van der Waals surface area (Å²) in [6.45, 7) is 2.10. The second-order valence-electron chi connectivity index (χ2n) is 5.27. The normalized spacial score (nSPS) is 14.1. The average Bonchev–Trinajstić information content (AvgIpc) is 2.57. The van der Waals surface area contributed by atoms with Crippen molar-refractivity contribution < 1.29 is 20.0 Å². The second-order valence-corrected chi connectivity index (χ2v) is 5.27. The van der Waals surface area contributed by atoms with E-state index in [-0.39, 0.29) is 12.5 Å². The zero-order chi connectivity index (χ0) is 17.9. The first-order valence-electron chi connectivity index (χ1n) is 8.51. The molecule has 0 unspecified atom stereocenters. The van der Waals surface area contributed by atoms with Gasteiger partial charge in [0.25, 0.3) is 0 Å². The van der Waals surface area contributed by atoms with E-state index in [1.807, 2.05) is 36.5 Å². The van der Waals surface area contributed by atoms with Crippen molar-refractivity contribution in [1.29, 1.82) is 0 Å².